The normalized spacial score (nSPS) is 12.7. The summed E-state index contributed by atoms with van der Waals surface area (Å²) in [7, 11) is 1.70. The van der Waals surface area contributed by atoms with Crippen molar-refractivity contribution in [2.24, 2.45) is 0 Å². The molecule has 0 aliphatic heterocycles. The van der Waals surface area contributed by atoms with Crippen LogP contribution in [-0.4, -0.2) is 7.11 Å². The van der Waals surface area contributed by atoms with Gasteiger partial charge < -0.3 is 4.74 Å². The van der Waals surface area contributed by atoms with E-state index in [1.165, 1.54) is 16.7 Å². The summed E-state index contributed by atoms with van der Waals surface area (Å²) in [4.78, 5) is 0. The molecule has 0 N–H and O–H groups in total. The lowest BCUT2D eigenvalue weighted by molar-refractivity contribution is 0.407. The Bertz CT molecular complexity index is 628. The van der Waals surface area contributed by atoms with Crippen LogP contribution in [0.5, 0.6) is 5.75 Å². The Morgan fingerprint density at radius 2 is 1.92 bits per heavy atom. The van der Waals surface area contributed by atoms with Gasteiger partial charge in [0.2, 0.25) is 0 Å². The number of hydrogen-bond donors (Lipinski definition) is 0. The molecule has 0 amide bonds. The molecule has 24 heavy (non-hydrogen) atoms. The maximum Gasteiger partial charge on any atom is 0.122 e. The Labute approximate surface area is 147 Å². The zero-order valence-corrected chi connectivity index (χ0v) is 16.0. The highest BCUT2D eigenvalue weighted by atomic mass is 16.5. The van der Waals surface area contributed by atoms with Crippen LogP contribution in [0.1, 0.15) is 76.8 Å². The molecule has 0 aliphatic carbocycles. The summed E-state index contributed by atoms with van der Waals surface area (Å²) in [5.74, 6) is 1.17. The molecule has 1 aromatic rings. The van der Waals surface area contributed by atoms with Gasteiger partial charge >= 0.3 is 0 Å². The van der Waals surface area contributed by atoms with Gasteiger partial charge in [-0.05, 0) is 63.1 Å². The molecule has 0 bridgehead atoms. The van der Waals surface area contributed by atoms with Crippen LogP contribution >= 0.6 is 0 Å². The SMILES string of the molecule is COc1ccc(C(C#N)C/C=C(\C)CCC=C(C)C)cc1C(C)C. The van der Waals surface area contributed by atoms with Crippen LogP contribution in [0, 0.1) is 11.3 Å². The van der Waals surface area contributed by atoms with E-state index in [2.05, 4.69) is 58.9 Å². The molecule has 1 aromatic carbocycles. The largest absolute Gasteiger partial charge is 0.496 e. The van der Waals surface area contributed by atoms with Gasteiger partial charge in [-0.1, -0.05) is 49.3 Å². The van der Waals surface area contributed by atoms with E-state index in [9.17, 15) is 5.26 Å². The predicted octanol–water partition coefficient (Wildman–Crippen LogP) is 6.51. The number of rotatable bonds is 8. The first-order valence-electron chi connectivity index (χ1n) is 8.75. The molecule has 0 aliphatic rings. The lowest BCUT2D eigenvalue weighted by atomic mass is 9.91. The molecule has 2 nitrogen and oxygen atoms in total. The Hall–Kier alpha value is -2.01. The lowest BCUT2D eigenvalue weighted by Crippen LogP contribution is -2.00. The summed E-state index contributed by atoms with van der Waals surface area (Å²) in [6.45, 7) is 10.7. The quantitative estimate of drug-likeness (QED) is 0.510. The average Bonchev–Trinajstić information content (AvgIpc) is 2.54. The summed E-state index contributed by atoms with van der Waals surface area (Å²) in [6, 6.07) is 8.59. The molecule has 130 valence electrons. The summed E-state index contributed by atoms with van der Waals surface area (Å²) in [6.07, 6.45) is 7.37. The Kier molecular flexibility index (Phi) is 8.33. The number of allylic oxidation sites excluding steroid dienone is 4. The van der Waals surface area contributed by atoms with Crippen LogP contribution in [0.4, 0.5) is 0 Å². The molecule has 2 heteroatoms. The molecule has 1 unspecified atom stereocenters. The third kappa shape index (κ3) is 6.24. The van der Waals surface area contributed by atoms with Gasteiger partial charge in [0.05, 0.1) is 19.1 Å². The van der Waals surface area contributed by atoms with Crippen LogP contribution in [0.2, 0.25) is 0 Å². The smallest absolute Gasteiger partial charge is 0.122 e. The van der Waals surface area contributed by atoms with Gasteiger partial charge in [-0.3, -0.25) is 0 Å². The highest BCUT2D eigenvalue weighted by molar-refractivity contribution is 5.42. The fourth-order valence-corrected chi connectivity index (χ4v) is 2.69. The van der Waals surface area contributed by atoms with E-state index in [1.54, 1.807) is 7.11 Å². The molecular weight excluding hydrogens is 294 g/mol. The van der Waals surface area contributed by atoms with Gasteiger partial charge in [0.25, 0.3) is 0 Å². The molecule has 0 saturated heterocycles. The van der Waals surface area contributed by atoms with Crippen molar-refractivity contribution in [2.75, 3.05) is 7.11 Å². The third-order valence-electron chi connectivity index (χ3n) is 4.23. The van der Waals surface area contributed by atoms with Crippen molar-refractivity contribution in [3.05, 3.63) is 52.6 Å². The maximum absolute atomic E-state index is 9.58. The van der Waals surface area contributed by atoms with E-state index < -0.39 is 0 Å². The Balaban J connectivity index is 2.85. The van der Waals surface area contributed by atoms with Crippen molar-refractivity contribution < 1.29 is 4.74 Å². The standard InChI is InChI=1S/C22H31NO/c1-16(2)8-7-9-18(5)10-11-20(15-23)19-12-13-22(24-6)21(14-19)17(3)4/h8,10,12-14,17,20H,7,9,11H2,1-6H3/b18-10+. The van der Waals surface area contributed by atoms with Crippen LogP contribution in [0.15, 0.2) is 41.5 Å². The van der Waals surface area contributed by atoms with Crippen molar-refractivity contribution in [3.8, 4) is 11.8 Å². The van der Waals surface area contributed by atoms with Crippen LogP contribution in [0.25, 0.3) is 0 Å². The van der Waals surface area contributed by atoms with E-state index >= 15 is 0 Å². The summed E-state index contributed by atoms with van der Waals surface area (Å²) in [5, 5.41) is 9.58. The monoisotopic (exact) mass is 325 g/mol. The van der Waals surface area contributed by atoms with Crippen LogP contribution in [0.3, 0.4) is 0 Å². The first kappa shape index (κ1) is 20.0. The molecule has 1 atom stereocenters. The van der Waals surface area contributed by atoms with E-state index in [-0.39, 0.29) is 5.92 Å². The van der Waals surface area contributed by atoms with Gasteiger partial charge in [0.15, 0.2) is 0 Å². The van der Waals surface area contributed by atoms with Crippen molar-refractivity contribution in [2.45, 2.75) is 65.7 Å². The average molecular weight is 325 g/mol. The van der Waals surface area contributed by atoms with Crippen molar-refractivity contribution in [1.29, 1.82) is 5.26 Å². The van der Waals surface area contributed by atoms with E-state index in [4.69, 9.17) is 4.74 Å². The number of ether oxygens (including phenoxy) is 1. The third-order valence-corrected chi connectivity index (χ3v) is 4.23. The number of benzene rings is 1. The molecule has 0 fully saturated rings. The minimum atomic E-state index is -0.105. The lowest BCUT2D eigenvalue weighted by Gasteiger charge is -2.15. The summed E-state index contributed by atoms with van der Waals surface area (Å²) >= 11 is 0. The maximum atomic E-state index is 9.58. The Morgan fingerprint density at radius 1 is 1.21 bits per heavy atom. The Morgan fingerprint density at radius 3 is 2.46 bits per heavy atom. The molecule has 0 aromatic heterocycles. The molecule has 0 saturated carbocycles. The second kappa shape index (κ2) is 9.98. The zero-order valence-electron chi connectivity index (χ0n) is 16.0. The molecule has 0 heterocycles. The summed E-state index contributed by atoms with van der Waals surface area (Å²) in [5.41, 5.74) is 4.96. The second-order valence-electron chi connectivity index (χ2n) is 6.94. The van der Waals surface area contributed by atoms with E-state index in [0.29, 0.717) is 5.92 Å². The minimum absolute atomic E-state index is 0.105. The van der Waals surface area contributed by atoms with Crippen LogP contribution < -0.4 is 4.74 Å². The van der Waals surface area contributed by atoms with Gasteiger partial charge in [-0.25, -0.2) is 0 Å². The number of methoxy groups -OCH3 is 1. The highest BCUT2D eigenvalue weighted by Crippen LogP contribution is 2.31. The molecule has 1 rings (SSSR count). The number of nitriles is 1. The fraction of sp³-hybridized carbons (Fsp3) is 0.500. The summed E-state index contributed by atoms with van der Waals surface area (Å²) < 4.78 is 5.44. The van der Waals surface area contributed by atoms with Crippen molar-refractivity contribution >= 4 is 0 Å². The topological polar surface area (TPSA) is 33.0 Å². The van der Waals surface area contributed by atoms with Gasteiger partial charge in [0, 0.05) is 0 Å². The van der Waals surface area contributed by atoms with Crippen molar-refractivity contribution in [1.82, 2.24) is 0 Å². The predicted molar refractivity (Wildman–Crippen MR) is 102 cm³/mol. The second-order valence-corrected chi connectivity index (χ2v) is 6.94. The van der Waals surface area contributed by atoms with E-state index in [1.807, 2.05) is 12.1 Å². The first-order valence-corrected chi connectivity index (χ1v) is 8.75. The molecule has 0 spiro atoms. The van der Waals surface area contributed by atoms with E-state index in [0.717, 1.165) is 30.6 Å². The van der Waals surface area contributed by atoms with Crippen LogP contribution in [-0.2, 0) is 0 Å². The highest BCUT2D eigenvalue weighted by Gasteiger charge is 2.14. The molecule has 0 radical (unpaired) electrons. The van der Waals surface area contributed by atoms with Crippen molar-refractivity contribution in [3.63, 3.8) is 0 Å². The van der Waals surface area contributed by atoms with Gasteiger partial charge in [-0.2, -0.15) is 5.26 Å². The zero-order chi connectivity index (χ0) is 18.1. The first-order chi connectivity index (χ1) is 11.4. The number of hydrogen-bond acceptors (Lipinski definition) is 2. The van der Waals surface area contributed by atoms with Gasteiger partial charge in [-0.15, -0.1) is 0 Å². The fourth-order valence-electron chi connectivity index (χ4n) is 2.69. The molecular formula is C22H31NO. The van der Waals surface area contributed by atoms with Gasteiger partial charge in [0.1, 0.15) is 5.75 Å². The number of nitrogens with zero attached hydrogens (tertiary/aromatic N) is 1. The minimum Gasteiger partial charge on any atom is -0.496 e.